The molecule has 2 aliphatic rings. The minimum Gasteiger partial charge on any atom is -0.342 e. The van der Waals surface area contributed by atoms with Crippen molar-refractivity contribution in [2.24, 2.45) is 5.92 Å². The molecule has 2 saturated heterocycles. The number of nitrogens with zero attached hydrogens (tertiary/aromatic N) is 6. The van der Waals surface area contributed by atoms with Crippen molar-refractivity contribution in [3.63, 3.8) is 0 Å². The van der Waals surface area contributed by atoms with Crippen LogP contribution in [0.15, 0.2) is 30.3 Å². The Morgan fingerprint density at radius 1 is 0.871 bits per heavy atom. The predicted octanol–water partition coefficient (Wildman–Crippen LogP) is 3.63. The molecule has 2 fully saturated rings. The zero-order valence-corrected chi connectivity index (χ0v) is 18.7. The van der Waals surface area contributed by atoms with Crippen LogP contribution in [0.3, 0.4) is 0 Å². The van der Waals surface area contributed by atoms with Crippen LogP contribution in [-0.2, 0) is 11.3 Å². The number of hydrogen-bond acceptors (Lipinski definition) is 5. The molecule has 1 aromatic carbocycles. The van der Waals surface area contributed by atoms with Gasteiger partial charge in [0.2, 0.25) is 11.7 Å². The summed E-state index contributed by atoms with van der Waals surface area (Å²) in [4.78, 5) is 19.2. The molecule has 31 heavy (non-hydrogen) atoms. The fourth-order valence-electron chi connectivity index (χ4n) is 4.76. The molecule has 0 N–H and O–H groups in total. The second kappa shape index (κ2) is 11.4. The van der Waals surface area contributed by atoms with Gasteiger partial charge in [0, 0.05) is 24.6 Å². The van der Waals surface area contributed by atoms with Gasteiger partial charge in [-0.15, -0.1) is 10.2 Å². The van der Waals surface area contributed by atoms with E-state index in [9.17, 15) is 4.79 Å². The fraction of sp³-hybridized carbons (Fsp3) is 0.667. The summed E-state index contributed by atoms with van der Waals surface area (Å²) in [5.74, 6) is 1.38. The largest absolute Gasteiger partial charge is 0.342 e. The standard InChI is InChI=1S/C24H36N6O/c31-24(29-16-8-1-2-9-17-29)22-13-19-28(20-14-22)15-7-4-10-18-30-26-23(25-27-30)21-11-5-3-6-12-21/h3,5-6,11-12,22H,1-2,4,7-10,13-20H2. The number of hydrogen-bond donors (Lipinski definition) is 0. The Labute approximate surface area is 185 Å². The second-order valence-electron chi connectivity index (χ2n) is 8.99. The minimum atomic E-state index is 0.256. The third-order valence-electron chi connectivity index (χ3n) is 6.67. The number of benzene rings is 1. The predicted molar refractivity (Wildman–Crippen MR) is 121 cm³/mol. The molecule has 7 nitrogen and oxygen atoms in total. The monoisotopic (exact) mass is 424 g/mol. The molecule has 2 aliphatic heterocycles. The van der Waals surface area contributed by atoms with Crippen LogP contribution in [0.5, 0.6) is 0 Å². The van der Waals surface area contributed by atoms with Gasteiger partial charge in [-0.3, -0.25) is 4.79 Å². The van der Waals surface area contributed by atoms with Gasteiger partial charge in [-0.05, 0) is 63.4 Å². The van der Waals surface area contributed by atoms with Crippen LogP contribution in [-0.4, -0.2) is 68.6 Å². The molecule has 0 spiro atoms. The summed E-state index contributed by atoms with van der Waals surface area (Å²) in [6.45, 7) is 6.03. The SMILES string of the molecule is O=C(C1CCN(CCCCCn2nnc(-c3ccccc3)n2)CC1)N1CCCCCC1. The van der Waals surface area contributed by atoms with E-state index in [0.717, 1.165) is 70.5 Å². The van der Waals surface area contributed by atoms with Gasteiger partial charge in [-0.1, -0.05) is 49.6 Å². The first kappa shape index (κ1) is 21.9. The van der Waals surface area contributed by atoms with Crippen molar-refractivity contribution >= 4 is 5.91 Å². The van der Waals surface area contributed by atoms with Gasteiger partial charge >= 0.3 is 0 Å². The smallest absolute Gasteiger partial charge is 0.225 e. The molecule has 1 aromatic heterocycles. The highest BCUT2D eigenvalue weighted by Gasteiger charge is 2.28. The van der Waals surface area contributed by atoms with E-state index in [2.05, 4.69) is 25.2 Å². The molecule has 0 radical (unpaired) electrons. The number of aromatic nitrogens is 4. The minimum absolute atomic E-state index is 0.256. The molecule has 7 heteroatoms. The van der Waals surface area contributed by atoms with Crippen molar-refractivity contribution in [3.8, 4) is 11.4 Å². The molecule has 0 bridgehead atoms. The van der Waals surface area contributed by atoms with Crippen LogP contribution in [0.2, 0.25) is 0 Å². The van der Waals surface area contributed by atoms with E-state index >= 15 is 0 Å². The Balaban J connectivity index is 1.10. The zero-order chi connectivity index (χ0) is 21.3. The quantitative estimate of drug-likeness (QED) is 0.606. The molecule has 0 aliphatic carbocycles. The summed E-state index contributed by atoms with van der Waals surface area (Å²) in [7, 11) is 0. The molecule has 0 saturated carbocycles. The average molecular weight is 425 g/mol. The topological polar surface area (TPSA) is 67.2 Å². The summed E-state index contributed by atoms with van der Waals surface area (Å²) in [5.41, 5.74) is 1.01. The van der Waals surface area contributed by atoms with Crippen molar-refractivity contribution in [1.82, 2.24) is 30.0 Å². The van der Waals surface area contributed by atoms with E-state index in [1.54, 1.807) is 4.80 Å². The van der Waals surface area contributed by atoms with E-state index in [1.165, 1.54) is 32.1 Å². The Hall–Kier alpha value is -2.28. The van der Waals surface area contributed by atoms with Gasteiger partial charge in [0.05, 0.1) is 6.54 Å². The maximum atomic E-state index is 12.8. The molecular formula is C24H36N6O. The van der Waals surface area contributed by atoms with Crippen LogP contribution in [0.25, 0.3) is 11.4 Å². The van der Waals surface area contributed by atoms with E-state index in [0.29, 0.717) is 11.7 Å². The maximum Gasteiger partial charge on any atom is 0.225 e. The lowest BCUT2D eigenvalue weighted by atomic mass is 9.95. The maximum absolute atomic E-state index is 12.8. The van der Waals surface area contributed by atoms with Crippen LogP contribution in [0.4, 0.5) is 0 Å². The number of tetrazole rings is 1. The normalized spacial score (nSPS) is 18.8. The van der Waals surface area contributed by atoms with Gasteiger partial charge in [0.15, 0.2) is 0 Å². The number of likely N-dealkylation sites (tertiary alicyclic amines) is 2. The highest BCUT2D eigenvalue weighted by molar-refractivity contribution is 5.79. The highest BCUT2D eigenvalue weighted by Crippen LogP contribution is 2.22. The fourth-order valence-corrected chi connectivity index (χ4v) is 4.76. The van der Waals surface area contributed by atoms with Gasteiger partial charge in [0.25, 0.3) is 0 Å². The molecule has 0 atom stereocenters. The van der Waals surface area contributed by atoms with Crippen molar-refractivity contribution in [2.75, 3.05) is 32.7 Å². The van der Waals surface area contributed by atoms with Crippen LogP contribution >= 0.6 is 0 Å². The Bertz CT molecular complexity index is 791. The molecule has 0 unspecified atom stereocenters. The molecule has 2 aromatic rings. The van der Waals surface area contributed by atoms with E-state index in [1.807, 2.05) is 30.3 Å². The number of rotatable bonds is 8. The van der Waals surface area contributed by atoms with Crippen molar-refractivity contribution < 1.29 is 4.79 Å². The summed E-state index contributed by atoms with van der Waals surface area (Å²) in [6.07, 6.45) is 10.4. The number of aryl methyl sites for hydroxylation is 1. The second-order valence-corrected chi connectivity index (χ2v) is 8.99. The van der Waals surface area contributed by atoms with Gasteiger partial charge in [0.1, 0.15) is 0 Å². The number of carbonyl (C=O) groups is 1. The first-order chi connectivity index (χ1) is 15.3. The van der Waals surface area contributed by atoms with Crippen LogP contribution in [0.1, 0.15) is 57.8 Å². The zero-order valence-electron chi connectivity index (χ0n) is 18.7. The Morgan fingerprint density at radius 3 is 2.32 bits per heavy atom. The molecule has 4 rings (SSSR count). The molecule has 1 amide bonds. The molecule has 3 heterocycles. The first-order valence-corrected chi connectivity index (χ1v) is 12.1. The number of amides is 1. The summed E-state index contributed by atoms with van der Waals surface area (Å²) in [5, 5.41) is 12.8. The van der Waals surface area contributed by atoms with Gasteiger partial charge in [-0.2, -0.15) is 4.80 Å². The Kier molecular flexibility index (Phi) is 8.04. The lowest BCUT2D eigenvalue weighted by Gasteiger charge is -2.34. The van der Waals surface area contributed by atoms with Crippen LogP contribution < -0.4 is 0 Å². The lowest BCUT2D eigenvalue weighted by molar-refractivity contribution is -0.137. The summed E-state index contributed by atoms with van der Waals surface area (Å²) >= 11 is 0. The number of piperidine rings is 1. The van der Waals surface area contributed by atoms with Crippen molar-refractivity contribution in [2.45, 2.75) is 64.3 Å². The summed E-state index contributed by atoms with van der Waals surface area (Å²) in [6, 6.07) is 9.98. The third-order valence-corrected chi connectivity index (χ3v) is 6.67. The molecular weight excluding hydrogens is 388 g/mol. The first-order valence-electron chi connectivity index (χ1n) is 12.1. The van der Waals surface area contributed by atoms with Crippen LogP contribution in [0, 0.1) is 5.92 Å². The summed E-state index contributed by atoms with van der Waals surface area (Å²) < 4.78 is 0. The number of unbranched alkanes of at least 4 members (excludes halogenated alkanes) is 2. The van der Waals surface area contributed by atoms with E-state index < -0.39 is 0 Å². The lowest BCUT2D eigenvalue weighted by Crippen LogP contribution is -2.43. The van der Waals surface area contributed by atoms with Crippen molar-refractivity contribution in [3.05, 3.63) is 30.3 Å². The third kappa shape index (κ3) is 6.35. The average Bonchev–Trinajstić information content (AvgIpc) is 3.12. The van der Waals surface area contributed by atoms with E-state index in [-0.39, 0.29) is 5.92 Å². The molecule has 168 valence electrons. The van der Waals surface area contributed by atoms with Gasteiger partial charge < -0.3 is 9.80 Å². The van der Waals surface area contributed by atoms with E-state index in [4.69, 9.17) is 0 Å². The van der Waals surface area contributed by atoms with Gasteiger partial charge in [-0.25, -0.2) is 0 Å². The van der Waals surface area contributed by atoms with Crippen molar-refractivity contribution in [1.29, 1.82) is 0 Å². The highest BCUT2D eigenvalue weighted by atomic mass is 16.2. The number of carbonyl (C=O) groups excluding carboxylic acids is 1. The Morgan fingerprint density at radius 2 is 1.58 bits per heavy atom.